The van der Waals surface area contributed by atoms with Crippen LogP contribution in [0.25, 0.3) is 5.69 Å². The van der Waals surface area contributed by atoms with E-state index in [1.807, 2.05) is 45.0 Å². The smallest absolute Gasteiger partial charge is 0.274 e. The average molecular weight is 422 g/mol. The number of aromatic nitrogens is 3. The maximum atomic E-state index is 12.8. The number of rotatable bonds is 7. The summed E-state index contributed by atoms with van der Waals surface area (Å²) in [6.07, 6.45) is 6.06. The molecule has 0 spiro atoms. The minimum atomic E-state index is -0.204. The van der Waals surface area contributed by atoms with Crippen molar-refractivity contribution in [3.63, 3.8) is 0 Å². The normalized spacial score (nSPS) is 15.6. The van der Waals surface area contributed by atoms with Crippen molar-refractivity contribution in [1.29, 1.82) is 0 Å². The van der Waals surface area contributed by atoms with Gasteiger partial charge < -0.3 is 15.8 Å². The van der Waals surface area contributed by atoms with E-state index in [4.69, 9.17) is 10.5 Å². The summed E-state index contributed by atoms with van der Waals surface area (Å²) in [4.78, 5) is 12.8. The number of hydrogen-bond acceptors (Lipinski definition) is 5. The van der Waals surface area contributed by atoms with E-state index in [0.29, 0.717) is 23.9 Å². The molecule has 3 N–H and O–H groups in total. The maximum Gasteiger partial charge on any atom is 0.274 e. The zero-order valence-corrected chi connectivity index (χ0v) is 18.2. The molecule has 7 nitrogen and oxygen atoms in total. The molecule has 1 saturated carbocycles. The molecule has 8 heteroatoms. The Morgan fingerprint density at radius 3 is 2.48 bits per heavy atom. The van der Waals surface area contributed by atoms with Crippen molar-refractivity contribution in [2.24, 2.45) is 11.7 Å². The fraction of sp³-hybridized carbons (Fsp3) is 0.571. The van der Waals surface area contributed by atoms with E-state index in [9.17, 15) is 4.79 Å². The number of benzene rings is 1. The second kappa shape index (κ2) is 10.6. The second-order valence-corrected chi connectivity index (χ2v) is 7.81. The molecule has 1 aliphatic rings. The zero-order chi connectivity index (χ0) is 20.1. The standard InChI is InChI=1S/C21H31N5O2.ClH/c1-14(2)28-18-11-9-17(10-12-18)26-15(3)20(24-25-26)21(27)23-19(13-22)16-7-5-4-6-8-16;/h9-12,14,16,19H,4-8,13,22H2,1-3H3,(H,23,27);1H. The summed E-state index contributed by atoms with van der Waals surface area (Å²) in [7, 11) is 0. The van der Waals surface area contributed by atoms with Crippen molar-refractivity contribution in [1.82, 2.24) is 20.3 Å². The van der Waals surface area contributed by atoms with E-state index in [1.54, 1.807) is 4.68 Å². The highest BCUT2D eigenvalue weighted by Gasteiger charge is 2.26. The number of carbonyl (C=O) groups is 1. The summed E-state index contributed by atoms with van der Waals surface area (Å²) in [5.74, 6) is 1.05. The lowest BCUT2D eigenvalue weighted by atomic mass is 9.84. The van der Waals surface area contributed by atoms with Gasteiger partial charge in [0.05, 0.1) is 17.5 Å². The molecule has 0 saturated heterocycles. The largest absolute Gasteiger partial charge is 0.491 e. The van der Waals surface area contributed by atoms with Gasteiger partial charge in [-0.1, -0.05) is 24.5 Å². The Labute approximate surface area is 178 Å². The van der Waals surface area contributed by atoms with Crippen LogP contribution in [0.1, 0.15) is 62.1 Å². The van der Waals surface area contributed by atoms with E-state index >= 15 is 0 Å². The molecule has 3 rings (SSSR count). The van der Waals surface area contributed by atoms with Gasteiger partial charge in [0, 0.05) is 12.6 Å². The molecule has 2 aromatic rings. The predicted octanol–water partition coefficient (Wildman–Crippen LogP) is 3.42. The monoisotopic (exact) mass is 421 g/mol. The topological polar surface area (TPSA) is 95.1 Å². The first kappa shape index (κ1) is 23.2. The summed E-state index contributed by atoms with van der Waals surface area (Å²) in [6, 6.07) is 7.59. The highest BCUT2D eigenvalue weighted by molar-refractivity contribution is 5.93. The third kappa shape index (κ3) is 5.70. The van der Waals surface area contributed by atoms with Gasteiger partial charge in [-0.3, -0.25) is 4.79 Å². The summed E-state index contributed by atoms with van der Waals surface area (Å²) in [5, 5.41) is 11.4. The summed E-state index contributed by atoms with van der Waals surface area (Å²) >= 11 is 0. The van der Waals surface area contributed by atoms with Gasteiger partial charge in [0.1, 0.15) is 5.75 Å². The van der Waals surface area contributed by atoms with Crippen molar-refractivity contribution in [3.05, 3.63) is 35.7 Å². The lowest BCUT2D eigenvalue weighted by molar-refractivity contribution is 0.0909. The van der Waals surface area contributed by atoms with E-state index in [-0.39, 0.29) is 30.5 Å². The molecule has 0 bridgehead atoms. The van der Waals surface area contributed by atoms with E-state index < -0.39 is 0 Å². The second-order valence-electron chi connectivity index (χ2n) is 7.81. The number of ether oxygens (including phenoxy) is 1. The number of nitrogens with zero attached hydrogens (tertiary/aromatic N) is 3. The zero-order valence-electron chi connectivity index (χ0n) is 17.4. The van der Waals surface area contributed by atoms with Crippen LogP contribution in [0.3, 0.4) is 0 Å². The molecule has 160 valence electrons. The van der Waals surface area contributed by atoms with Crippen molar-refractivity contribution in [2.45, 2.75) is 65.0 Å². The van der Waals surface area contributed by atoms with Crippen LogP contribution in [0.2, 0.25) is 0 Å². The highest BCUT2D eigenvalue weighted by atomic mass is 35.5. The summed E-state index contributed by atoms with van der Waals surface area (Å²) in [6.45, 7) is 6.27. The van der Waals surface area contributed by atoms with Crippen LogP contribution in [-0.4, -0.2) is 39.6 Å². The van der Waals surface area contributed by atoms with Crippen LogP contribution in [0, 0.1) is 12.8 Å². The molecule has 1 fully saturated rings. The third-order valence-corrected chi connectivity index (χ3v) is 5.35. The van der Waals surface area contributed by atoms with Gasteiger partial charge in [-0.05, 0) is 63.8 Å². The number of carbonyl (C=O) groups excluding carboxylic acids is 1. The molecule has 29 heavy (non-hydrogen) atoms. The van der Waals surface area contributed by atoms with Crippen molar-refractivity contribution in [3.8, 4) is 11.4 Å². The quantitative estimate of drug-likeness (QED) is 0.714. The number of nitrogens with two attached hydrogens (primary N) is 1. The number of nitrogens with one attached hydrogen (secondary N) is 1. The van der Waals surface area contributed by atoms with Gasteiger partial charge >= 0.3 is 0 Å². The van der Waals surface area contributed by atoms with Gasteiger partial charge in [-0.15, -0.1) is 17.5 Å². The molecule has 1 aromatic heterocycles. The number of amides is 1. The fourth-order valence-electron chi connectivity index (χ4n) is 3.86. The molecule has 1 heterocycles. The summed E-state index contributed by atoms with van der Waals surface area (Å²) in [5.41, 5.74) is 7.83. The molecule has 1 atom stereocenters. The van der Waals surface area contributed by atoms with E-state index in [1.165, 1.54) is 19.3 Å². The van der Waals surface area contributed by atoms with Crippen molar-refractivity contribution >= 4 is 18.3 Å². The Morgan fingerprint density at radius 2 is 1.90 bits per heavy atom. The predicted molar refractivity (Wildman–Crippen MR) is 116 cm³/mol. The fourth-order valence-corrected chi connectivity index (χ4v) is 3.86. The minimum absolute atomic E-state index is 0. The molecule has 1 aromatic carbocycles. The minimum Gasteiger partial charge on any atom is -0.491 e. The Balaban J connectivity index is 0.00000300. The first-order chi connectivity index (χ1) is 13.5. The Morgan fingerprint density at radius 1 is 1.24 bits per heavy atom. The SMILES string of the molecule is Cc1c(C(=O)NC(CN)C2CCCCC2)nnn1-c1ccc(OC(C)C)cc1.Cl. The maximum absolute atomic E-state index is 12.8. The first-order valence-corrected chi connectivity index (χ1v) is 10.2. The van der Waals surface area contributed by atoms with Gasteiger partial charge in [0.15, 0.2) is 5.69 Å². The molecular formula is C21H32ClN5O2. The van der Waals surface area contributed by atoms with Gasteiger partial charge in [-0.25, -0.2) is 4.68 Å². The molecule has 0 aliphatic heterocycles. The Hall–Kier alpha value is -2.12. The van der Waals surface area contributed by atoms with E-state index in [0.717, 1.165) is 24.3 Å². The lowest BCUT2D eigenvalue weighted by Gasteiger charge is -2.29. The first-order valence-electron chi connectivity index (χ1n) is 10.2. The highest BCUT2D eigenvalue weighted by Crippen LogP contribution is 2.26. The molecule has 1 amide bonds. The van der Waals surface area contributed by atoms with Crippen LogP contribution in [0.4, 0.5) is 0 Å². The van der Waals surface area contributed by atoms with Gasteiger partial charge in [0.25, 0.3) is 5.91 Å². The van der Waals surface area contributed by atoms with Crippen LogP contribution in [0.15, 0.2) is 24.3 Å². The molecule has 1 aliphatic carbocycles. The Kier molecular flexibility index (Phi) is 8.46. The molecule has 1 unspecified atom stereocenters. The lowest BCUT2D eigenvalue weighted by Crippen LogP contribution is -2.46. The number of halogens is 1. The van der Waals surface area contributed by atoms with Gasteiger partial charge in [-0.2, -0.15) is 0 Å². The molecule has 0 radical (unpaired) electrons. The number of hydrogen-bond donors (Lipinski definition) is 2. The molecular weight excluding hydrogens is 390 g/mol. The third-order valence-electron chi connectivity index (χ3n) is 5.35. The van der Waals surface area contributed by atoms with Crippen molar-refractivity contribution in [2.75, 3.05) is 6.54 Å². The van der Waals surface area contributed by atoms with Gasteiger partial charge in [0.2, 0.25) is 0 Å². The van der Waals surface area contributed by atoms with Crippen molar-refractivity contribution < 1.29 is 9.53 Å². The van der Waals surface area contributed by atoms with Crippen LogP contribution >= 0.6 is 12.4 Å². The Bertz CT molecular complexity index is 785. The van der Waals surface area contributed by atoms with E-state index in [2.05, 4.69) is 15.6 Å². The summed E-state index contributed by atoms with van der Waals surface area (Å²) < 4.78 is 7.34. The average Bonchev–Trinajstić information content (AvgIpc) is 3.08. The van der Waals surface area contributed by atoms with Crippen LogP contribution in [0.5, 0.6) is 5.75 Å². The van der Waals surface area contributed by atoms with Crippen LogP contribution < -0.4 is 15.8 Å². The van der Waals surface area contributed by atoms with Crippen LogP contribution in [-0.2, 0) is 0 Å².